The summed E-state index contributed by atoms with van der Waals surface area (Å²) in [4.78, 5) is 13.3. The summed E-state index contributed by atoms with van der Waals surface area (Å²) in [5.74, 6) is 0.289. The first-order valence-corrected chi connectivity index (χ1v) is 11.5. The smallest absolute Gasteiger partial charge is 0.258 e. The third kappa shape index (κ3) is 5.29. The van der Waals surface area contributed by atoms with Crippen molar-refractivity contribution in [1.82, 2.24) is 9.29 Å². The lowest BCUT2D eigenvalue weighted by Crippen LogP contribution is -2.28. The van der Waals surface area contributed by atoms with E-state index in [1.165, 1.54) is 0 Å². The van der Waals surface area contributed by atoms with Crippen molar-refractivity contribution in [2.24, 2.45) is 11.7 Å². The zero-order chi connectivity index (χ0) is 21.2. The number of sulfonamides is 1. The first-order valence-electron chi connectivity index (χ1n) is 9.59. The fourth-order valence-electron chi connectivity index (χ4n) is 3.56. The molecule has 0 aliphatic heterocycles. The number of benzene rings is 2. The van der Waals surface area contributed by atoms with Crippen LogP contribution in [-0.2, 0) is 29.7 Å². The van der Waals surface area contributed by atoms with Crippen LogP contribution in [0.2, 0.25) is 0 Å². The predicted octanol–water partition coefficient (Wildman–Crippen LogP) is 3.25. The Labute approximate surface area is 183 Å². The van der Waals surface area contributed by atoms with Gasteiger partial charge in [-0.1, -0.05) is 50.2 Å². The van der Waals surface area contributed by atoms with Crippen LogP contribution in [0, 0.1) is 5.92 Å². The maximum atomic E-state index is 13.3. The molecule has 0 saturated carbocycles. The Morgan fingerprint density at radius 3 is 2.30 bits per heavy atom. The first-order chi connectivity index (χ1) is 13.7. The summed E-state index contributed by atoms with van der Waals surface area (Å²) in [6, 6.07) is 15.3. The summed E-state index contributed by atoms with van der Waals surface area (Å²) >= 11 is 0. The number of pyridine rings is 1. The number of nitrogens with two attached hydrogens (primary N) is 1. The summed E-state index contributed by atoms with van der Waals surface area (Å²) in [7, 11) is -3.31. The molecular weight excluding hydrogens is 422 g/mol. The highest BCUT2D eigenvalue weighted by Crippen LogP contribution is 2.31. The van der Waals surface area contributed by atoms with Crippen LogP contribution < -0.4 is 16.0 Å². The Bertz CT molecular complexity index is 1190. The van der Waals surface area contributed by atoms with Gasteiger partial charge >= 0.3 is 0 Å². The van der Waals surface area contributed by atoms with Crippen LogP contribution in [0.5, 0.6) is 0 Å². The molecule has 0 atom stereocenters. The molecule has 0 aliphatic rings. The molecule has 30 heavy (non-hydrogen) atoms. The lowest BCUT2D eigenvalue weighted by Gasteiger charge is -2.21. The van der Waals surface area contributed by atoms with Gasteiger partial charge in [0.25, 0.3) is 5.56 Å². The minimum absolute atomic E-state index is 0. The van der Waals surface area contributed by atoms with E-state index < -0.39 is 10.0 Å². The summed E-state index contributed by atoms with van der Waals surface area (Å²) in [6.07, 6.45) is 1.13. The molecule has 8 heteroatoms. The molecule has 0 spiro atoms. The largest absolute Gasteiger partial charge is 0.325 e. The fourth-order valence-corrected chi connectivity index (χ4v) is 3.99. The van der Waals surface area contributed by atoms with E-state index in [1.807, 2.05) is 36.4 Å². The Balaban J connectivity index is 0.00000320. The van der Waals surface area contributed by atoms with Gasteiger partial charge in [-0.2, -0.15) is 0 Å². The summed E-state index contributed by atoms with van der Waals surface area (Å²) in [5.41, 5.74) is 9.52. The maximum absolute atomic E-state index is 13.3. The highest BCUT2D eigenvalue weighted by molar-refractivity contribution is 7.88. The zero-order valence-corrected chi connectivity index (χ0v) is 19.0. The monoisotopic (exact) mass is 449 g/mol. The van der Waals surface area contributed by atoms with Crippen LogP contribution in [-0.4, -0.2) is 19.2 Å². The van der Waals surface area contributed by atoms with E-state index in [0.717, 1.165) is 34.0 Å². The minimum atomic E-state index is -3.31. The lowest BCUT2D eigenvalue weighted by molar-refractivity contribution is 0.499. The maximum Gasteiger partial charge on any atom is 0.258 e. The normalized spacial score (nSPS) is 11.6. The quantitative estimate of drug-likeness (QED) is 0.578. The summed E-state index contributed by atoms with van der Waals surface area (Å²) in [5, 5.41) is 1.39. The predicted molar refractivity (Wildman–Crippen MR) is 125 cm³/mol. The Morgan fingerprint density at radius 1 is 1.07 bits per heavy atom. The molecule has 6 nitrogen and oxygen atoms in total. The van der Waals surface area contributed by atoms with Gasteiger partial charge in [-0.3, -0.25) is 4.79 Å². The molecule has 3 N–H and O–H groups in total. The Kier molecular flexibility index (Phi) is 7.82. The molecule has 2 aromatic carbocycles. The molecule has 162 valence electrons. The number of fused-ring (bicyclic) bond motifs is 1. The van der Waals surface area contributed by atoms with Crippen LogP contribution in [0.3, 0.4) is 0 Å². The topological polar surface area (TPSA) is 94.2 Å². The molecule has 1 aromatic heterocycles. The second-order valence-electron chi connectivity index (χ2n) is 7.67. The van der Waals surface area contributed by atoms with Crippen LogP contribution in [0.25, 0.3) is 21.9 Å². The van der Waals surface area contributed by atoms with Gasteiger partial charge in [0.2, 0.25) is 10.0 Å². The van der Waals surface area contributed by atoms with Gasteiger partial charge in [-0.05, 0) is 34.6 Å². The van der Waals surface area contributed by atoms with Gasteiger partial charge in [-0.25, -0.2) is 13.1 Å². The van der Waals surface area contributed by atoms with E-state index in [4.69, 9.17) is 5.73 Å². The number of hydrogen-bond acceptors (Lipinski definition) is 4. The minimum Gasteiger partial charge on any atom is -0.325 e. The Hall–Kier alpha value is -2.19. The van der Waals surface area contributed by atoms with Crippen molar-refractivity contribution < 1.29 is 8.42 Å². The summed E-state index contributed by atoms with van der Waals surface area (Å²) < 4.78 is 27.2. The number of nitrogens with one attached hydrogen (secondary N) is 1. The second kappa shape index (κ2) is 9.75. The number of aromatic nitrogens is 1. The van der Waals surface area contributed by atoms with E-state index in [-0.39, 0.29) is 37.0 Å². The zero-order valence-electron chi connectivity index (χ0n) is 17.4. The van der Waals surface area contributed by atoms with Crippen LogP contribution in [0.15, 0.2) is 53.3 Å². The average molecular weight is 450 g/mol. The SMILES string of the molecule is CC(C)Cn1c(CN)c(-c2ccccc2)c2cc(CNS(C)(=O)=O)ccc2c1=O.Cl. The van der Waals surface area contributed by atoms with E-state index in [2.05, 4.69) is 18.6 Å². The van der Waals surface area contributed by atoms with Crippen LogP contribution in [0.4, 0.5) is 0 Å². The molecule has 3 rings (SSSR count). The second-order valence-corrected chi connectivity index (χ2v) is 9.51. The van der Waals surface area contributed by atoms with Crippen molar-refractivity contribution >= 4 is 33.2 Å². The van der Waals surface area contributed by atoms with E-state index in [1.54, 1.807) is 16.7 Å². The third-order valence-corrected chi connectivity index (χ3v) is 5.45. The van der Waals surface area contributed by atoms with Crippen molar-refractivity contribution in [3.05, 3.63) is 70.1 Å². The van der Waals surface area contributed by atoms with Crippen LogP contribution >= 0.6 is 12.4 Å². The average Bonchev–Trinajstić information content (AvgIpc) is 2.68. The van der Waals surface area contributed by atoms with E-state index in [0.29, 0.717) is 11.9 Å². The van der Waals surface area contributed by atoms with Crippen molar-refractivity contribution in [3.63, 3.8) is 0 Å². The molecule has 0 fully saturated rings. The van der Waals surface area contributed by atoms with Gasteiger partial charge in [0, 0.05) is 36.3 Å². The molecule has 0 bridgehead atoms. The molecule has 0 saturated heterocycles. The number of rotatable bonds is 7. The number of halogens is 1. The van der Waals surface area contributed by atoms with E-state index >= 15 is 0 Å². The molecule has 0 amide bonds. The first kappa shape index (κ1) is 24.1. The third-order valence-electron chi connectivity index (χ3n) is 4.79. The van der Waals surface area contributed by atoms with Gasteiger partial charge in [0.1, 0.15) is 0 Å². The Morgan fingerprint density at radius 2 is 1.73 bits per heavy atom. The standard InChI is InChI=1S/C22H27N3O3S.ClH/c1-15(2)14-25-20(12-23)21(17-7-5-4-6-8-17)19-11-16(13-24-29(3,27)28)9-10-18(19)22(25)26;/h4-11,15,24H,12-14,23H2,1-3H3;1H. The fraction of sp³-hybridized carbons (Fsp3) is 0.318. The van der Waals surface area contributed by atoms with Gasteiger partial charge in [0.05, 0.1) is 6.26 Å². The van der Waals surface area contributed by atoms with Gasteiger partial charge in [0.15, 0.2) is 0 Å². The lowest BCUT2D eigenvalue weighted by atomic mass is 9.95. The van der Waals surface area contributed by atoms with E-state index in [9.17, 15) is 13.2 Å². The van der Waals surface area contributed by atoms with Gasteiger partial charge in [-0.15, -0.1) is 12.4 Å². The van der Waals surface area contributed by atoms with Gasteiger partial charge < -0.3 is 10.3 Å². The van der Waals surface area contributed by atoms with Crippen molar-refractivity contribution in [3.8, 4) is 11.1 Å². The molecule has 0 unspecified atom stereocenters. The molecule has 0 radical (unpaired) electrons. The van der Waals surface area contributed by atoms with Crippen LogP contribution in [0.1, 0.15) is 25.1 Å². The molecule has 0 aliphatic carbocycles. The molecular formula is C22H28ClN3O3S. The highest BCUT2D eigenvalue weighted by atomic mass is 35.5. The number of nitrogens with zero attached hydrogens (tertiary/aromatic N) is 1. The summed E-state index contributed by atoms with van der Waals surface area (Å²) in [6.45, 7) is 5.11. The molecule has 3 aromatic rings. The van der Waals surface area contributed by atoms with Crippen molar-refractivity contribution in [2.75, 3.05) is 6.26 Å². The van der Waals surface area contributed by atoms with Crippen molar-refractivity contribution in [2.45, 2.75) is 33.5 Å². The number of hydrogen-bond donors (Lipinski definition) is 2. The van der Waals surface area contributed by atoms with Crippen molar-refractivity contribution in [1.29, 1.82) is 0 Å². The molecule has 1 heterocycles. The highest BCUT2D eigenvalue weighted by Gasteiger charge is 2.18.